The minimum Gasteiger partial charge on any atom is -0.337 e. The van der Waals surface area contributed by atoms with E-state index in [0.29, 0.717) is 18.5 Å². The molecule has 1 aliphatic carbocycles. The van der Waals surface area contributed by atoms with Gasteiger partial charge in [-0.05, 0) is 46.7 Å². The minimum atomic E-state index is -0.0284. The largest absolute Gasteiger partial charge is 0.337 e. The highest BCUT2D eigenvalue weighted by molar-refractivity contribution is 5.83. The molecule has 2 aliphatic rings. The quantitative estimate of drug-likeness (QED) is 0.822. The van der Waals surface area contributed by atoms with Gasteiger partial charge in [-0.15, -0.1) is 0 Å². The lowest BCUT2D eigenvalue weighted by Gasteiger charge is -2.51. The number of nitrogens with zero attached hydrogens (tertiary/aromatic N) is 2. The van der Waals surface area contributed by atoms with Crippen LogP contribution in [0.4, 0.5) is 0 Å². The Bertz CT molecular complexity index is 310. The van der Waals surface area contributed by atoms with Crippen molar-refractivity contribution >= 4 is 5.91 Å². The monoisotopic (exact) mass is 253 g/mol. The third-order valence-electron chi connectivity index (χ3n) is 4.75. The molecule has 0 aromatic rings. The molecule has 0 aromatic heterocycles. The molecular weight excluding hydrogens is 226 g/mol. The van der Waals surface area contributed by atoms with Crippen LogP contribution < -0.4 is 5.73 Å². The van der Waals surface area contributed by atoms with Gasteiger partial charge in [-0.2, -0.15) is 0 Å². The molecule has 2 fully saturated rings. The van der Waals surface area contributed by atoms with Gasteiger partial charge in [-0.3, -0.25) is 9.69 Å². The Morgan fingerprint density at radius 1 is 1.33 bits per heavy atom. The van der Waals surface area contributed by atoms with Crippen LogP contribution in [0.15, 0.2) is 0 Å². The van der Waals surface area contributed by atoms with Crippen LogP contribution >= 0.6 is 0 Å². The lowest BCUT2D eigenvalue weighted by molar-refractivity contribution is -0.151. The Hall–Kier alpha value is -0.610. The van der Waals surface area contributed by atoms with Gasteiger partial charge >= 0.3 is 0 Å². The minimum absolute atomic E-state index is 0.0284. The summed E-state index contributed by atoms with van der Waals surface area (Å²) in [6, 6.07) is 0.449. The molecule has 1 unspecified atom stereocenters. The summed E-state index contributed by atoms with van der Waals surface area (Å²) in [6.07, 6.45) is 5.67. The third-order valence-corrected chi connectivity index (χ3v) is 4.75. The van der Waals surface area contributed by atoms with Gasteiger partial charge in [0.1, 0.15) is 0 Å². The van der Waals surface area contributed by atoms with Crippen LogP contribution in [0, 0.1) is 0 Å². The summed E-state index contributed by atoms with van der Waals surface area (Å²) in [7, 11) is 2.06. The standard InChI is InChI=1S/C14H27N3O/c1-14(2)10-17(11-6-4-5-7-11)13(18)12(8-9-15)16(14)3/h11-12H,4-10,15H2,1-3H3. The SMILES string of the molecule is CN1C(CCN)C(=O)N(C2CCCC2)CC1(C)C. The average molecular weight is 253 g/mol. The van der Waals surface area contributed by atoms with Gasteiger partial charge in [0.05, 0.1) is 6.04 Å². The maximum atomic E-state index is 12.6. The lowest BCUT2D eigenvalue weighted by Crippen LogP contribution is -2.66. The van der Waals surface area contributed by atoms with Crippen molar-refractivity contribution in [3.63, 3.8) is 0 Å². The van der Waals surface area contributed by atoms with Crippen molar-refractivity contribution < 1.29 is 4.79 Å². The van der Waals surface area contributed by atoms with Gasteiger partial charge in [0.25, 0.3) is 0 Å². The number of rotatable bonds is 3. The van der Waals surface area contributed by atoms with Crippen LogP contribution in [-0.2, 0) is 4.79 Å². The summed E-state index contributed by atoms with van der Waals surface area (Å²) in [6.45, 7) is 5.89. The molecule has 1 saturated carbocycles. The van der Waals surface area contributed by atoms with Crippen LogP contribution in [0.2, 0.25) is 0 Å². The highest BCUT2D eigenvalue weighted by Gasteiger charge is 2.44. The van der Waals surface area contributed by atoms with Crippen molar-refractivity contribution in [2.45, 2.75) is 63.6 Å². The Kier molecular flexibility index (Phi) is 3.97. The first-order chi connectivity index (χ1) is 8.47. The summed E-state index contributed by atoms with van der Waals surface area (Å²) in [5, 5.41) is 0. The number of carbonyl (C=O) groups excluding carboxylic acids is 1. The van der Waals surface area contributed by atoms with Crippen molar-refractivity contribution in [3.05, 3.63) is 0 Å². The number of hydrogen-bond acceptors (Lipinski definition) is 3. The summed E-state index contributed by atoms with van der Waals surface area (Å²) in [5.74, 6) is 0.300. The second kappa shape index (κ2) is 5.17. The molecule has 2 rings (SSSR count). The van der Waals surface area contributed by atoms with Gasteiger partial charge < -0.3 is 10.6 Å². The van der Waals surface area contributed by atoms with E-state index in [0.717, 1.165) is 13.0 Å². The smallest absolute Gasteiger partial charge is 0.240 e. The maximum Gasteiger partial charge on any atom is 0.240 e. The predicted octanol–water partition coefficient (Wildman–Crippen LogP) is 1.20. The summed E-state index contributed by atoms with van der Waals surface area (Å²) < 4.78 is 0. The number of nitrogens with two attached hydrogens (primary N) is 1. The number of hydrogen-bond donors (Lipinski definition) is 1. The number of amides is 1. The van der Waals surface area contributed by atoms with Crippen LogP contribution in [0.1, 0.15) is 46.0 Å². The second-order valence-corrected chi connectivity index (χ2v) is 6.42. The van der Waals surface area contributed by atoms with E-state index in [2.05, 4.69) is 30.7 Å². The first-order valence-corrected chi connectivity index (χ1v) is 7.21. The predicted molar refractivity (Wildman–Crippen MR) is 73.3 cm³/mol. The molecular formula is C14H27N3O. The normalized spacial score (nSPS) is 30.1. The molecule has 1 saturated heterocycles. The van der Waals surface area contributed by atoms with Gasteiger partial charge in [0.15, 0.2) is 0 Å². The third kappa shape index (κ3) is 2.41. The van der Waals surface area contributed by atoms with E-state index in [4.69, 9.17) is 5.73 Å². The van der Waals surface area contributed by atoms with Crippen LogP contribution in [0.3, 0.4) is 0 Å². The Morgan fingerprint density at radius 3 is 2.50 bits per heavy atom. The molecule has 0 spiro atoms. The van der Waals surface area contributed by atoms with Gasteiger partial charge in [0, 0.05) is 18.1 Å². The van der Waals surface area contributed by atoms with E-state index in [1.807, 2.05) is 0 Å². The maximum absolute atomic E-state index is 12.6. The van der Waals surface area contributed by atoms with E-state index in [1.54, 1.807) is 0 Å². The Balaban J connectivity index is 2.18. The zero-order valence-corrected chi connectivity index (χ0v) is 12.0. The van der Waals surface area contributed by atoms with E-state index in [1.165, 1.54) is 25.7 Å². The van der Waals surface area contributed by atoms with Crippen molar-refractivity contribution in [3.8, 4) is 0 Å². The molecule has 0 bridgehead atoms. The van der Waals surface area contributed by atoms with E-state index in [-0.39, 0.29) is 11.6 Å². The molecule has 0 aromatic carbocycles. The zero-order chi connectivity index (χ0) is 13.3. The molecule has 18 heavy (non-hydrogen) atoms. The summed E-state index contributed by atoms with van der Waals surface area (Å²) >= 11 is 0. The highest BCUT2D eigenvalue weighted by Crippen LogP contribution is 2.32. The van der Waals surface area contributed by atoms with Crippen LogP contribution in [-0.4, -0.2) is 53.5 Å². The fourth-order valence-corrected chi connectivity index (χ4v) is 3.39. The van der Waals surface area contributed by atoms with Crippen molar-refractivity contribution in [2.24, 2.45) is 5.73 Å². The summed E-state index contributed by atoms with van der Waals surface area (Å²) in [5.41, 5.74) is 5.73. The molecule has 1 amide bonds. The van der Waals surface area contributed by atoms with E-state index in [9.17, 15) is 4.79 Å². The fraction of sp³-hybridized carbons (Fsp3) is 0.929. The van der Waals surface area contributed by atoms with Crippen molar-refractivity contribution in [1.29, 1.82) is 0 Å². The zero-order valence-electron chi connectivity index (χ0n) is 12.0. The van der Waals surface area contributed by atoms with Crippen LogP contribution in [0.25, 0.3) is 0 Å². The van der Waals surface area contributed by atoms with Gasteiger partial charge in [0.2, 0.25) is 5.91 Å². The highest BCUT2D eigenvalue weighted by atomic mass is 16.2. The lowest BCUT2D eigenvalue weighted by atomic mass is 9.92. The molecule has 104 valence electrons. The first kappa shape index (κ1) is 13.8. The average Bonchev–Trinajstić information content (AvgIpc) is 2.83. The fourth-order valence-electron chi connectivity index (χ4n) is 3.39. The molecule has 4 nitrogen and oxygen atoms in total. The topological polar surface area (TPSA) is 49.6 Å². The number of piperazine rings is 1. The number of likely N-dealkylation sites (N-methyl/N-ethyl adjacent to an activating group) is 1. The van der Waals surface area contributed by atoms with Crippen molar-refractivity contribution in [2.75, 3.05) is 20.1 Å². The second-order valence-electron chi connectivity index (χ2n) is 6.42. The van der Waals surface area contributed by atoms with Gasteiger partial charge in [-0.25, -0.2) is 0 Å². The summed E-state index contributed by atoms with van der Waals surface area (Å²) in [4.78, 5) is 17.0. The van der Waals surface area contributed by atoms with Crippen molar-refractivity contribution in [1.82, 2.24) is 9.80 Å². The number of carbonyl (C=O) groups is 1. The van der Waals surface area contributed by atoms with Crippen LogP contribution in [0.5, 0.6) is 0 Å². The molecule has 4 heteroatoms. The first-order valence-electron chi connectivity index (χ1n) is 7.21. The molecule has 1 aliphatic heterocycles. The Morgan fingerprint density at radius 2 is 1.94 bits per heavy atom. The van der Waals surface area contributed by atoms with E-state index < -0.39 is 0 Å². The molecule has 1 atom stereocenters. The Labute approximate surface area is 110 Å². The van der Waals surface area contributed by atoms with Gasteiger partial charge in [-0.1, -0.05) is 12.8 Å². The molecule has 1 heterocycles. The molecule has 0 radical (unpaired) electrons. The van der Waals surface area contributed by atoms with E-state index >= 15 is 0 Å². The molecule has 2 N–H and O–H groups in total.